The molecule has 0 saturated carbocycles. The number of aryl methyl sites for hydroxylation is 1. The van der Waals surface area contributed by atoms with E-state index in [4.69, 9.17) is 13.9 Å². The summed E-state index contributed by atoms with van der Waals surface area (Å²) < 4.78 is 15.7. The normalized spacial score (nSPS) is 12.0. The van der Waals surface area contributed by atoms with Crippen LogP contribution in [-0.2, 0) is 32.0 Å². The SMILES string of the molecule is COCCN(CC(=O)N(CCc1ccccc1)Cc1ccc(C)o1)[C@@H](C)C(=O)OC. The molecule has 0 radical (unpaired) electrons. The third-order valence-electron chi connectivity index (χ3n) is 5.02. The molecule has 1 aromatic carbocycles. The maximum Gasteiger partial charge on any atom is 0.322 e. The van der Waals surface area contributed by atoms with Crippen LogP contribution in [0.1, 0.15) is 24.0 Å². The number of hydrogen-bond donors (Lipinski definition) is 0. The highest BCUT2D eigenvalue weighted by molar-refractivity contribution is 5.80. The third-order valence-corrected chi connectivity index (χ3v) is 5.02. The summed E-state index contributed by atoms with van der Waals surface area (Å²) in [4.78, 5) is 28.8. The van der Waals surface area contributed by atoms with Gasteiger partial charge in [0.2, 0.25) is 5.91 Å². The minimum atomic E-state index is -0.545. The van der Waals surface area contributed by atoms with Gasteiger partial charge in [0, 0.05) is 20.2 Å². The Balaban J connectivity index is 2.12. The van der Waals surface area contributed by atoms with Crippen molar-refractivity contribution in [3.63, 3.8) is 0 Å². The maximum atomic E-state index is 13.2. The number of carbonyl (C=O) groups is 2. The van der Waals surface area contributed by atoms with Crippen LogP contribution in [0.4, 0.5) is 0 Å². The summed E-state index contributed by atoms with van der Waals surface area (Å²) in [7, 11) is 2.94. The topological polar surface area (TPSA) is 72.2 Å². The fourth-order valence-electron chi connectivity index (χ4n) is 3.17. The van der Waals surface area contributed by atoms with E-state index >= 15 is 0 Å². The summed E-state index contributed by atoms with van der Waals surface area (Å²) in [6.45, 7) is 5.50. The van der Waals surface area contributed by atoms with Crippen molar-refractivity contribution in [2.24, 2.45) is 0 Å². The molecule has 2 rings (SSSR count). The number of nitrogens with zero attached hydrogens (tertiary/aromatic N) is 2. The molecule has 0 N–H and O–H groups in total. The predicted molar refractivity (Wildman–Crippen MR) is 114 cm³/mol. The van der Waals surface area contributed by atoms with Crippen molar-refractivity contribution in [2.45, 2.75) is 32.9 Å². The first-order valence-electron chi connectivity index (χ1n) is 10.1. The van der Waals surface area contributed by atoms with Gasteiger partial charge in [0.25, 0.3) is 0 Å². The van der Waals surface area contributed by atoms with Crippen molar-refractivity contribution in [1.82, 2.24) is 9.80 Å². The van der Waals surface area contributed by atoms with E-state index in [1.807, 2.05) is 49.4 Å². The molecule has 7 heteroatoms. The summed E-state index contributed by atoms with van der Waals surface area (Å²) in [6, 6.07) is 13.3. The van der Waals surface area contributed by atoms with E-state index in [9.17, 15) is 9.59 Å². The van der Waals surface area contributed by atoms with E-state index in [2.05, 4.69) is 0 Å². The average molecular weight is 417 g/mol. The van der Waals surface area contributed by atoms with Gasteiger partial charge in [-0.2, -0.15) is 0 Å². The Kier molecular flexibility index (Phi) is 9.57. The number of ether oxygens (including phenoxy) is 2. The van der Waals surface area contributed by atoms with Gasteiger partial charge in [-0.1, -0.05) is 30.3 Å². The van der Waals surface area contributed by atoms with Gasteiger partial charge >= 0.3 is 5.97 Å². The number of hydrogen-bond acceptors (Lipinski definition) is 6. The molecule has 2 aromatic rings. The zero-order valence-corrected chi connectivity index (χ0v) is 18.3. The summed E-state index contributed by atoms with van der Waals surface area (Å²) in [5.74, 6) is 1.09. The molecule has 30 heavy (non-hydrogen) atoms. The van der Waals surface area contributed by atoms with E-state index in [-0.39, 0.29) is 18.4 Å². The third kappa shape index (κ3) is 7.31. The molecular formula is C23H32N2O5. The number of furan rings is 1. The number of amides is 1. The molecule has 0 spiro atoms. The standard InChI is InChI=1S/C23H32N2O5/c1-18-10-11-21(30-18)16-25(13-12-20-8-6-5-7-9-20)22(26)17-24(14-15-28-3)19(2)23(27)29-4/h5-11,19H,12-17H2,1-4H3/t19-/m0/s1. The first kappa shape index (κ1) is 23.6. The minimum absolute atomic E-state index is 0.0770. The molecule has 1 heterocycles. The first-order valence-corrected chi connectivity index (χ1v) is 10.1. The van der Waals surface area contributed by atoms with Crippen LogP contribution < -0.4 is 0 Å². The molecule has 0 fully saturated rings. The largest absolute Gasteiger partial charge is 0.468 e. The van der Waals surface area contributed by atoms with E-state index in [0.717, 1.165) is 23.5 Å². The molecule has 1 aromatic heterocycles. The van der Waals surface area contributed by atoms with Crippen LogP contribution >= 0.6 is 0 Å². The predicted octanol–water partition coefficient (Wildman–Crippen LogP) is 2.67. The molecule has 1 atom stereocenters. The van der Waals surface area contributed by atoms with Crippen molar-refractivity contribution >= 4 is 11.9 Å². The zero-order valence-electron chi connectivity index (χ0n) is 18.3. The molecule has 0 aliphatic heterocycles. The highest BCUT2D eigenvalue weighted by Crippen LogP contribution is 2.12. The Hall–Kier alpha value is -2.64. The number of carbonyl (C=O) groups excluding carboxylic acids is 2. The summed E-state index contributed by atoms with van der Waals surface area (Å²) in [5.41, 5.74) is 1.16. The Labute approximate surface area is 178 Å². The van der Waals surface area contributed by atoms with E-state index < -0.39 is 6.04 Å². The summed E-state index contributed by atoms with van der Waals surface area (Å²) in [6.07, 6.45) is 0.733. The van der Waals surface area contributed by atoms with Crippen LogP contribution in [0.3, 0.4) is 0 Å². The first-order chi connectivity index (χ1) is 14.4. The summed E-state index contributed by atoms with van der Waals surface area (Å²) in [5, 5.41) is 0. The van der Waals surface area contributed by atoms with Gasteiger partial charge in [0.05, 0.1) is 26.8 Å². The monoisotopic (exact) mass is 416 g/mol. The van der Waals surface area contributed by atoms with Crippen LogP contribution in [-0.4, -0.2) is 68.2 Å². The molecule has 164 valence electrons. The average Bonchev–Trinajstić information content (AvgIpc) is 3.18. The van der Waals surface area contributed by atoms with Gasteiger partial charge in [0.15, 0.2) is 0 Å². The van der Waals surface area contributed by atoms with E-state index in [1.54, 1.807) is 23.8 Å². The fourth-order valence-corrected chi connectivity index (χ4v) is 3.17. The zero-order chi connectivity index (χ0) is 21.9. The van der Waals surface area contributed by atoms with Gasteiger partial charge in [0.1, 0.15) is 17.6 Å². The van der Waals surface area contributed by atoms with Crippen molar-refractivity contribution in [1.29, 1.82) is 0 Å². The number of methoxy groups -OCH3 is 2. The van der Waals surface area contributed by atoms with Gasteiger partial charge in [-0.3, -0.25) is 14.5 Å². The van der Waals surface area contributed by atoms with Crippen molar-refractivity contribution < 1.29 is 23.5 Å². The number of rotatable bonds is 12. The Morgan fingerprint density at radius 1 is 1.07 bits per heavy atom. The molecule has 0 bridgehead atoms. The number of esters is 1. The Bertz CT molecular complexity index is 790. The van der Waals surface area contributed by atoms with Gasteiger partial charge in [-0.15, -0.1) is 0 Å². The van der Waals surface area contributed by atoms with E-state index in [0.29, 0.717) is 26.2 Å². The second kappa shape index (κ2) is 12.1. The quantitative estimate of drug-likeness (QED) is 0.496. The lowest BCUT2D eigenvalue weighted by Gasteiger charge is -2.29. The second-order valence-corrected chi connectivity index (χ2v) is 7.23. The molecule has 1 amide bonds. The Morgan fingerprint density at radius 3 is 2.40 bits per heavy atom. The highest BCUT2D eigenvalue weighted by atomic mass is 16.5. The minimum Gasteiger partial charge on any atom is -0.468 e. The van der Waals surface area contributed by atoms with Crippen molar-refractivity contribution in [3.05, 3.63) is 59.5 Å². The van der Waals surface area contributed by atoms with Gasteiger partial charge in [-0.25, -0.2) is 0 Å². The second-order valence-electron chi connectivity index (χ2n) is 7.23. The van der Waals surface area contributed by atoms with Crippen LogP contribution in [0.25, 0.3) is 0 Å². The molecule has 0 saturated heterocycles. The van der Waals surface area contributed by atoms with Crippen LogP contribution in [0, 0.1) is 6.92 Å². The molecule has 0 unspecified atom stereocenters. The van der Waals surface area contributed by atoms with Crippen molar-refractivity contribution in [3.8, 4) is 0 Å². The molecular weight excluding hydrogens is 384 g/mol. The van der Waals surface area contributed by atoms with E-state index in [1.165, 1.54) is 7.11 Å². The van der Waals surface area contributed by atoms with Crippen LogP contribution in [0.2, 0.25) is 0 Å². The lowest BCUT2D eigenvalue weighted by Crippen LogP contribution is -2.48. The fraction of sp³-hybridized carbons (Fsp3) is 0.478. The Morgan fingerprint density at radius 2 is 1.80 bits per heavy atom. The van der Waals surface area contributed by atoms with Crippen molar-refractivity contribution in [2.75, 3.05) is 40.5 Å². The molecule has 0 aliphatic rings. The smallest absolute Gasteiger partial charge is 0.322 e. The molecule has 0 aliphatic carbocycles. The van der Waals surface area contributed by atoms with Gasteiger partial charge < -0.3 is 18.8 Å². The maximum absolute atomic E-state index is 13.2. The van der Waals surface area contributed by atoms with Crippen LogP contribution in [0.5, 0.6) is 0 Å². The highest BCUT2D eigenvalue weighted by Gasteiger charge is 2.26. The molecule has 7 nitrogen and oxygen atoms in total. The van der Waals surface area contributed by atoms with Gasteiger partial charge in [-0.05, 0) is 38.0 Å². The number of benzene rings is 1. The lowest BCUT2D eigenvalue weighted by atomic mass is 10.1. The van der Waals surface area contributed by atoms with Crippen LogP contribution in [0.15, 0.2) is 46.9 Å². The summed E-state index contributed by atoms with van der Waals surface area (Å²) >= 11 is 0. The lowest BCUT2D eigenvalue weighted by molar-refractivity contribution is -0.148.